The summed E-state index contributed by atoms with van der Waals surface area (Å²) in [6.45, 7) is 1.39. The molecule has 3 aromatic carbocycles. The molecule has 0 spiro atoms. The standard InChI is InChI=1S/C23H22BrN3OS.ClH/c1-26(2)12-13-27(23-25-20-11-10-18(24)15-21(20)29-23)22(28)14-17-8-5-7-16-6-3-4-9-19(16)17;/h3-11,15H,12-14H2,1-2H3;1H. The van der Waals surface area contributed by atoms with E-state index in [9.17, 15) is 4.79 Å². The molecule has 0 aliphatic carbocycles. The average molecular weight is 505 g/mol. The number of anilines is 1. The van der Waals surface area contributed by atoms with Gasteiger partial charge in [0.05, 0.1) is 16.6 Å². The fourth-order valence-electron chi connectivity index (χ4n) is 3.33. The van der Waals surface area contributed by atoms with Crippen molar-refractivity contribution in [2.24, 2.45) is 0 Å². The first-order valence-corrected chi connectivity index (χ1v) is 11.1. The summed E-state index contributed by atoms with van der Waals surface area (Å²) in [6.07, 6.45) is 0.356. The fourth-order valence-corrected chi connectivity index (χ4v) is 4.89. The van der Waals surface area contributed by atoms with Crippen LogP contribution in [0.15, 0.2) is 65.1 Å². The Labute approximate surface area is 195 Å². The first-order valence-electron chi connectivity index (χ1n) is 9.49. The molecule has 0 aliphatic rings. The van der Waals surface area contributed by atoms with Crippen LogP contribution in [-0.2, 0) is 11.2 Å². The van der Waals surface area contributed by atoms with Gasteiger partial charge in [-0.3, -0.25) is 9.69 Å². The third-order valence-corrected chi connectivity index (χ3v) is 6.40. The van der Waals surface area contributed by atoms with Crippen molar-refractivity contribution in [2.45, 2.75) is 6.42 Å². The van der Waals surface area contributed by atoms with Gasteiger partial charge in [0.15, 0.2) is 5.13 Å². The minimum absolute atomic E-state index is 0. The van der Waals surface area contributed by atoms with Gasteiger partial charge in [-0.25, -0.2) is 4.98 Å². The lowest BCUT2D eigenvalue weighted by Crippen LogP contribution is -2.37. The fraction of sp³-hybridized carbons (Fsp3) is 0.217. The molecule has 4 aromatic rings. The van der Waals surface area contributed by atoms with Gasteiger partial charge < -0.3 is 4.90 Å². The molecular weight excluding hydrogens is 482 g/mol. The van der Waals surface area contributed by atoms with Crippen LogP contribution in [0.4, 0.5) is 5.13 Å². The highest BCUT2D eigenvalue weighted by Crippen LogP contribution is 2.31. The minimum atomic E-state index is 0. The number of thiazole rings is 1. The molecule has 0 bridgehead atoms. The van der Waals surface area contributed by atoms with Gasteiger partial charge in [0.25, 0.3) is 0 Å². The van der Waals surface area contributed by atoms with Gasteiger partial charge in [0.2, 0.25) is 5.91 Å². The number of fused-ring (bicyclic) bond motifs is 2. The highest BCUT2D eigenvalue weighted by Gasteiger charge is 2.21. The molecule has 0 atom stereocenters. The highest BCUT2D eigenvalue weighted by atomic mass is 79.9. The van der Waals surface area contributed by atoms with E-state index in [1.165, 1.54) is 0 Å². The molecular formula is C23H23BrClN3OS. The molecule has 0 aliphatic heterocycles. The van der Waals surface area contributed by atoms with Crippen molar-refractivity contribution in [3.8, 4) is 0 Å². The van der Waals surface area contributed by atoms with Crippen LogP contribution in [0.5, 0.6) is 0 Å². The number of carbonyl (C=O) groups excluding carboxylic acids is 1. The number of halogens is 2. The van der Waals surface area contributed by atoms with E-state index < -0.39 is 0 Å². The Kier molecular flexibility index (Phi) is 7.47. The van der Waals surface area contributed by atoms with Crippen molar-refractivity contribution >= 4 is 71.7 Å². The number of rotatable bonds is 6. The van der Waals surface area contributed by atoms with Crippen LogP contribution in [-0.4, -0.2) is 43.0 Å². The molecule has 0 fully saturated rings. The van der Waals surface area contributed by atoms with Crippen molar-refractivity contribution in [1.82, 2.24) is 9.88 Å². The molecule has 0 radical (unpaired) electrons. The zero-order valence-corrected chi connectivity index (χ0v) is 20.1. The molecule has 0 saturated carbocycles. The van der Waals surface area contributed by atoms with Gasteiger partial charge >= 0.3 is 0 Å². The molecule has 1 heterocycles. The van der Waals surface area contributed by atoms with Crippen molar-refractivity contribution in [2.75, 3.05) is 32.1 Å². The molecule has 1 aromatic heterocycles. The van der Waals surface area contributed by atoms with Gasteiger partial charge in [0.1, 0.15) is 0 Å². The van der Waals surface area contributed by atoms with Crippen LogP contribution in [0.1, 0.15) is 5.56 Å². The first-order chi connectivity index (χ1) is 14.0. The monoisotopic (exact) mass is 503 g/mol. The van der Waals surface area contributed by atoms with Gasteiger partial charge in [0, 0.05) is 17.6 Å². The summed E-state index contributed by atoms with van der Waals surface area (Å²) in [6, 6.07) is 20.4. The quantitative estimate of drug-likeness (QED) is 0.334. The highest BCUT2D eigenvalue weighted by molar-refractivity contribution is 9.10. The topological polar surface area (TPSA) is 36.4 Å². The Hall–Kier alpha value is -1.99. The van der Waals surface area contributed by atoms with Crippen LogP contribution in [0.25, 0.3) is 21.0 Å². The molecule has 30 heavy (non-hydrogen) atoms. The normalized spacial score (nSPS) is 11.1. The molecule has 156 valence electrons. The number of hydrogen-bond donors (Lipinski definition) is 0. The molecule has 4 nitrogen and oxygen atoms in total. The van der Waals surface area contributed by atoms with Crippen LogP contribution in [0.2, 0.25) is 0 Å². The van der Waals surface area contributed by atoms with Crippen molar-refractivity contribution in [1.29, 1.82) is 0 Å². The Bertz CT molecular complexity index is 1170. The minimum Gasteiger partial charge on any atom is -0.308 e. The van der Waals surface area contributed by atoms with E-state index in [0.29, 0.717) is 13.0 Å². The third kappa shape index (κ3) is 5.01. The Balaban J connectivity index is 0.00000256. The number of nitrogens with zero attached hydrogens (tertiary/aromatic N) is 3. The van der Waals surface area contributed by atoms with E-state index in [2.05, 4.69) is 45.1 Å². The molecule has 0 unspecified atom stereocenters. The molecule has 4 rings (SSSR count). The average Bonchev–Trinajstić information content (AvgIpc) is 3.11. The number of hydrogen-bond acceptors (Lipinski definition) is 4. The maximum Gasteiger partial charge on any atom is 0.233 e. The van der Waals surface area contributed by atoms with Crippen molar-refractivity contribution < 1.29 is 4.79 Å². The number of benzene rings is 3. The lowest BCUT2D eigenvalue weighted by atomic mass is 10.0. The zero-order valence-electron chi connectivity index (χ0n) is 16.8. The van der Waals surface area contributed by atoms with Gasteiger partial charge in [-0.1, -0.05) is 69.7 Å². The van der Waals surface area contributed by atoms with E-state index in [1.807, 2.05) is 55.4 Å². The van der Waals surface area contributed by atoms with Gasteiger partial charge in [-0.2, -0.15) is 0 Å². The number of carbonyl (C=O) groups is 1. The van der Waals surface area contributed by atoms with Crippen molar-refractivity contribution in [3.05, 3.63) is 70.7 Å². The third-order valence-electron chi connectivity index (χ3n) is 4.86. The van der Waals surface area contributed by atoms with Crippen LogP contribution in [0.3, 0.4) is 0 Å². The summed E-state index contributed by atoms with van der Waals surface area (Å²) in [5.41, 5.74) is 1.97. The first kappa shape index (κ1) is 22.7. The lowest BCUT2D eigenvalue weighted by molar-refractivity contribution is -0.118. The van der Waals surface area contributed by atoms with Crippen LogP contribution >= 0.6 is 39.7 Å². The number of amides is 1. The lowest BCUT2D eigenvalue weighted by Gasteiger charge is -2.22. The predicted octanol–water partition coefficient (Wildman–Crippen LogP) is 5.77. The smallest absolute Gasteiger partial charge is 0.233 e. The van der Waals surface area contributed by atoms with E-state index >= 15 is 0 Å². The summed E-state index contributed by atoms with van der Waals surface area (Å²) < 4.78 is 2.09. The Morgan fingerprint density at radius 3 is 2.60 bits per heavy atom. The maximum absolute atomic E-state index is 13.4. The second kappa shape index (κ2) is 9.88. The van der Waals surface area contributed by atoms with E-state index in [1.54, 1.807) is 11.3 Å². The second-order valence-electron chi connectivity index (χ2n) is 7.27. The van der Waals surface area contributed by atoms with Crippen LogP contribution in [0, 0.1) is 0 Å². The second-order valence-corrected chi connectivity index (χ2v) is 9.20. The van der Waals surface area contributed by atoms with E-state index in [4.69, 9.17) is 4.98 Å². The van der Waals surface area contributed by atoms with Gasteiger partial charge in [-0.05, 0) is 48.6 Å². The van der Waals surface area contributed by atoms with Crippen LogP contribution < -0.4 is 4.90 Å². The predicted molar refractivity (Wildman–Crippen MR) is 133 cm³/mol. The largest absolute Gasteiger partial charge is 0.308 e. The maximum atomic E-state index is 13.4. The zero-order chi connectivity index (χ0) is 20.4. The summed E-state index contributed by atoms with van der Waals surface area (Å²) in [7, 11) is 4.03. The number of aromatic nitrogens is 1. The molecule has 0 N–H and O–H groups in total. The van der Waals surface area contributed by atoms with E-state index in [-0.39, 0.29) is 18.3 Å². The SMILES string of the molecule is CN(C)CCN(C(=O)Cc1cccc2ccccc12)c1nc2ccc(Br)cc2s1.Cl. The number of likely N-dealkylation sites (N-methyl/N-ethyl adjacent to an activating group) is 1. The summed E-state index contributed by atoms with van der Waals surface area (Å²) in [5, 5.41) is 3.04. The summed E-state index contributed by atoms with van der Waals surface area (Å²) in [5.74, 6) is 0.0707. The molecule has 0 saturated heterocycles. The Morgan fingerprint density at radius 2 is 1.80 bits per heavy atom. The molecule has 7 heteroatoms. The summed E-state index contributed by atoms with van der Waals surface area (Å²) in [4.78, 5) is 22.0. The Morgan fingerprint density at radius 1 is 1.03 bits per heavy atom. The summed E-state index contributed by atoms with van der Waals surface area (Å²) >= 11 is 5.08. The van der Waals surface area contributed by atoms with Gasteiger partial charge in [-0.15, -0.1) is 12.4 Å². The van der Waals surface area contributed by atoms with Crippen molar-refractivity contribution in [3.63, 3.8) is 0 Å². The molecule has 1 amide bonds. The van der Waals surface area contributed by atoms with E-state index in [0.717, 1.165) is 42.7 Å².